The molecule has 164 valence electrons. The minimum Gasteiger partial charge on any atom is -0.390 e. The molecule has 3 heterocycles. The molecule has 7 nitrogen and oxygen atoms in total. The number of rotatable bonds is 4. The molecular formula is C25H28N6O. The molecule has 3 fully saturated rings. The van der Waals surface area contributed by atoms with Crippen molar-refractivity contribution >= 4 is 16.7 Å². The molecule has 3 aromatic rings. The molecule has 32 heavy (non-hydrogen) atoms. The van der Waals surface area contributed by atoms with Gasteiger partial charge in [-0.1, -0.05) is 12.1 Å². The fraction of sp³-hybridized carbons (Fsp3) is 0.520. The second kappa shape index (κ2) is 6.29. The van der Waals surface area contributed by atoms with Crippen molar-refractivity contribution in [2.45, 2.75) is 63.5 Å². The zero-order valence-electron chi connectivity index (χ0n) is 18.8. The number of hydrogen-bond acceptors (Lipinski definition) is 6. The fourth-order valence-corrected chi connectivity index (χ4v) is 6.13. The maximum atomic E-state index is 10.5. The Morgan fingerprint density at radius 1 is 1.19 bits per heavy atom. The number of aliphatic hydroxyl groups is 1. The molecule has 2 unspecified atom stereocenters. The predicted molar refractivity (Wildman–Crippen MR) is 121 cm³/mol. The summed E-state index contributed by atoms with van der Waals surface area (Å²) in [7, 11) is 0. The van der Waals surface area contributed by atoms with Crippen LogP contribution in [0.3, 0.4) is 0 Å². The summed E-state index contributed by atoms with van der Waals surface area (Å²) < 4.78 is 1.85. The smallest absolute Gasteiger partial charge is 0.159 e. The summed E-state index contributed by atoms with van der Waals surface area (Å²) in [6.45, 7) is 6.77. The minimum absolute atomic E-state index is 0.179. The van der Waals surface area contributed by atoms with Crippen LogP contribution in [0, 0.1) is 22.7 Å². The highest BCUT2D eigenvalue weighted by Crippen LogP contribution is 2.78. The number of hydrogen-bond donors (Lipinski definition) is 1. The van der Waals surface area contributed by atoms with E-state index in [2.05, 4.69) is 51.2 Å². The van der Waals surface area contributed by atoms with Gasteiger partial charge >= 0.3 is 0 Å². The van der Waals surface area contributed by atoms with E-state index in [0.717, 1.165) is 54.5 Å². The summed E-state index contributed by atoms with van der Waals surface area (Å²) >= 11 is 0. The van der Waals surface area contributed by atoms with Crippen LogP contribution in [0.4, 0.5) is 5.82 Å². The van der Waals surface area contributed by atoms with Gasteiger partial charge in [0.2, 0.25) is 0 Å². The second-order valence-electron chi connectivity index (χ2n) is 10.5. The standard InChI is InChI=1S/C25H28N6O/c1-16-19(23(2,3)32)6-9-30(16)21-11-22(28-15-27-21)31-20-10-18(5-4-17(20)12-29-31)25(14-26)13-24(25)7-8-24/h4-5,10-12,15-16,19,32H,6-9,13H2,1-3H3/t16?,19?,25-/m0/s1. The molecule has 1 N–H and O–H groups in total. The Balaban J connectivity index is 1.37. The number of anilines is 1. The molecule has 1 aromatic carbocycles. The summed E-state index contributed by atoms with van der Waals surface area (Å²) in [6, 6.07) is 11.1. The zero-order chi connectivity index (χ0) is 22.3. The van der Waals surface area contributed by atoms with Crippen molar-refractivity contribution in [3.05, 3.63) is 42.4 Å². The van der Waals surface area contributed by atoms with Gasteiger partial charge in [-0.15, -0.1) is 0 Å². The van der Waals surface area contributed by atoms with Crippen molar-refractivity contribution in [3.63, 3.8) is 0 Å². The van der Waals surface area contributed by atoms with Crippen LogP contribution >= 0.6 is 0 Å². The molecule has 2 aliphatic carbocycles. The van der Waals surface area contributed by atoms with Crippen molar-refractivity contribution in [2.24, 2.45) is 11.3 Å². The molecule has 3 aliphatic rings. The quantitative estimate of drug-likeness (QED) is 0.681. The highest BCUT2D eigenvalue weighted by molar-refractivity contribution is 5.82. The lowest BCUT2D eigenvalue weighted by molar-refractivity contribution is 0.0156. The Bertz CT molecular complexity index is 1260. The topological polar surface area (TPSA) is 90.9 Å². The molecule has 0 bridgehead atoms. The first kappa shape index (κ1) is 19.7. The van der Waals surface area contributed by atoms with Crippen LogP contribution < -0.4 is 4.90 Å². The highest BCUT2D eigenvalue weighted by atomic mass is 16.3. The van der Waals surface area contributed by atoms with Crippen molar-refractivity contribution in [1.82, 2.24) is 19.7 Å². The molecule has 2 saturated carbocycles. The molecule has 6 rings (SSSR count). The summed E-state index contributed by atoms with van der Waals surface area (Å²) in [6.07, 6.45) is 7.66. The van der Waals surface area contributed by atoms with Gasteiger partial charge in [-0.05, 0) is 63.5 Å². The van der Waals surface area contributed by atoms with E-state index in [-0.39, 0.29) is 22.8 Å². The third-order valence-corrected chi connectivity index (χ3v) is 8.30. The maximum Gasteiger partial charge on any atom is 0.159 e. The van der Waals surface area contributed by atoms with E-state index in [1.54, 1.807) is 6.33 Å². The van der Waals surface area contributed by atoms with Gasteiger partial charge in [0.15, 0.2) is 5.82 Å². The lowest BCUT2D eigenvalue weighted by atomic mass is 9.85. The van der Waals surface area contributed by atoms with Gasteiger partial charge in [-0.25, -0.2) is 14.6 Å². The molecule has 1 saturated heterocycles. The minimum atomic E-state index is -0.725. The zero-order valence-corrected chi connectivity index (χ0v) is 18.8. The van der Waals surface area contributed by atoms with Gasteiger partial charge < -0.3 is 10.0 Å². The van der Waals surface area contributed by atoms with E-state index < -0.39 is 5.60 Å². The third-order valence-electron chi connectivity index (χ3n) is 8.30. The third kappa shape index (κ3) is 2.65. The molecule has 0 amide bonds. The van der Waals surface area contributed by atoms with Crippen LogP contribution in [-0.2, 0) is 5.41 Å². The van der Waals surface area contributed by atoms with Crippen LogP contribution in [0.15, 0.2) is 36.8 Å². The fourth-order valence-electron chi connectivity index (χ4n) is 6.13. The first-order valence-corrected chi connectivity index (χ1v) is 11.5. The first-order valence-electron chi connectivity index (χ1n) is 11.5. The van der Waals surface area contributed by atoms with E-state index >= 15 is 0 Å². The van der Waals surface area contributed by atoms with Crippen molar-refractivity contribution < 1.29 is 5.11 Å². The van der Waals surface area contributed by atoms with Gasteiger partial charge in [-0.3, -0.25) is 0 Å². The summed E-state index contributed by atoms with van der Waals surface area (Å²) in [5.74, 6) is 1.75. The Morgan fingerprint density at radius 2 is 1.97 bits per heavy atom. The van der Waals surface area contributed by atoms with E-state index in [9.17, 15) is 10.4 Å². The van der Waals surface area contributed by atoms with Crippen molar-refractivity contribution in [1.29, 1.82) is 5.26 Å². The normalized spacial score (nSPS) is 28.3. The van der Waals surface area contributed by atoms with Gasteiger partial charge in [0, 0.05) is 30.0 Å². The average Bonchev–Trinajstić information content (AvgIpc) is 3.57. The largest absolute Gasteiger partial charge is 0.390 e. The van der Waals surface area contributed by atoms with Gasteiger partial charge in [0.05, 0.1) is 28.8 Å². The van der Waals surface area contributed by atoms with E-state index in [4.69, 9.17) is 0 Å². The Hall–Kier alpha value is -2.98. The maximum absolute atomic E-state index is 10.5. The molecular weight excluding hydrogens is 400 g/mol. The number of fused-ring (bicyclic) bond motifs is 1. The van der Waals surface area contributed by atoms with E-state index in [0.29, 0.717) is 5.82 Å². The lowest BCUT2D eigenvalue weighted by Gasteiger charge is -2.32. The Labute approximate surface area is 187 Å². The van der Waals surface area contributed by atoms with Crippen LogP contribution in [0.25, 0.3) is 16.7 Å². The van der Waals surface area contributed by atoms with Crippen LogP contribution in [0.5, 0.6) is 0 Å². The van der Waals surface area contributed by atoms with Crippen LogP contribution in [0.1, 0.15) is 52.0 Å². The van der Waals surface area contributed by atoms with Gasteiger partial charge in [-0.2, -0.15) is 10.4 Å². The number of aromatic nitrogens is 4. The molecule has 1 aliphatic heterocycles. The van der Waals surface area contributed by atoms with Crippen molar-refractivity contribution in [2.75, 3.05) is 11.4 Å². The van der Waals surface area contributed by atoms with E-state index in [1.165, 1.54) is 0 Å². The predicted octanol–water partition coefficient (Wildman–Crippen LogP) is 3.75. The number of nitriles is 1. The van der Waals surface area contributed by atoms with E-state index in [1.807, 2.05) is 30.8 Å². The molecule has 2 aromatic heterocycles. The molecule has 3 atom stereocenters. The molecule has 1 spiro atoms. The van der Waals surface area contributed by atoms with Crippen LogP contribution in [0.2, 0.25) is 0 Å². The summed E-state index contributed by atoms with van der Waals surface area (Å²) in [4.78, 5) is 11.3. The van der Waals surface area contributed by atoms with Gasteiger partial charge in [0.1, 0.15) is 12.1 Å². The molecule has 7 heteroatoms. The number of nitrogens with zero attached hydrogens (tertiary/aromatic N) is 6. The van der Waals surface area contributed by atoms with Crippen molar-refractivity contribution in [3.8, 4) is 11.9 Å². The Kier molecular flexibility index (Phi) is 3.87. The average molecular weight is 429 g/mol. The number of benzene rings is 1. The summed E-state index contributed by atoms with van der Waals surface area (Å²) in [5, 5.41) is 26.1. The first-order chi connectivity index (χ1) is 15.3. The van der Waals surface area contributed by atoms with Crippen LogP contribution in [-0.4, -0.2) is 43.0 Å². The Morgan fingerprint density at radius 3 is 2.62 bits per heavy atom. The SMILES string of the molecule is CC1C(C(C)(C)O)CCN1c1cc(-n2ncc3ccc([C@@]4(C#N)CC45CC5)cc32)ncn1. The lowest BCUT2D eigenvalue weighted by Crippen LogP contribution is -2.40. The monoisotopic (exact) mass is 428 g/mol. The second-order valence-corrected chi connectivity index (χ2v) is 10.5. The van der Waals surface area contributed by atoms with Gasteiger partial charge in [0.25, 0.3) is 0 Å². The molecule has 0 radical (unpaired) electrons. The summed E-state index contributed by atoms with van der Waals surface area (Å²) in [5.41, 5.74) is 1.24. The highest BCUT2D eigenvalue weighted by Gasteiger charge is 2.75.